The van der Waals surface area contributed by atoms with Crippen LogP contribution in [0, 0.1) is 0 Å². The van der Waals surface area contributed by atoms with Crippen molar-refractivity contribution in [3.05, 3.63) is 71.2 Å². The molecule has 5 heteroatoms. The van der Waals surface area contributed by atoms with Gasteiger partial charge in [0.15, 0.2) is 0 Å². The minimum Gasteiger partial charge on any atom is -0.497 e. The molecule has 3 aliphatic heterocycles. The van der Waals surface area contributed by atoms with Crippen molar-refractivity contribution in [1.82, 2.24) is 14.7 Å². The molecule has 4 aliphatic rings. The first-order chi connectivity index (χ1) is 16.0. The molecule has 0 saturated carbocycles. The smallest absolute Gasteiger partial charge is 0.126 e. The summed E-state index contributed by atoms with van der Waals surface area (Å²) in [7, 11) is 3.48. The molecule has 5 rings (SSSR count). The van der Waals surface area contributed by atoms with Gasteiger partial charge in [-0.3, -0.25) is 4.90 Å². The quantitative estimate of drug-likeness (QED) is 0.631. The molecule has 176 valence electrons. The van der Waals surface area contributed by atoms with Gasteiger partial charge in [-0.05, 0) is 37.8 Å². The third-order valence-corrected chi connectivity index (χ3v) is 8.03. The summed E-state index contributed by atoms with van der Waals surface area (Å²) in [4.78, 5) is 7.66. The molecule has 1 atom stereocenters. The fourth-order valence-corrected chi connectivity index (χ4v) is 6.41. The van der Waals surface area contributed by atoms with Gasteiger partial charge in [0, 0.05) is 56.0 Å². The van der Waals surface area contributed by atoms with Crippen LogP contribution in [0.1, 0.15) is 50.2 Å². The second-order valence-corrected chi connectivity index (χ2v) is 9.75. The molecule has 0 radical (unpaired) electrons. The molecule has 2 saturated heterocycles. The number of likely N-dealkylation sites (N-methyl/N-ethyl adjacent to an activating group) is 1. The average Bonchev–Trinajstić information content (AvgIpc) is 3.36. The number of rotatable bonds is 5. The zero-order chi connectivity index (χ0) is 23.2. The molecular weight excluding hydrogens is 410 g/mol. The van der Waals surface area contributed by atoms with Crippen LogP contribution >= 0.6 is 0 Å². The molecule has 1 unspecified atom stereocenters. The van der Waals surface area contributed by atoms with Crippen LogP contribution in [0.2, 0.25) is 0 Å². The van der Waals surface area contributed by atoms with Crippen molar-refractivity contribution in [3.8, 4) is 11.5 Å². The lowest BCUT2D eigenvalue weighted by molar-refractivity contribution is 0.0978. The van der Waals surface area contributed by atoms with Crippen molar-refractivity contribution in [1.29, 1.82) is 0 Å². The molecule has 0 bridgehead atoms. The van der Waals surface area contributed by atoms with E-state index in [0.717, 1.165) is 69.3 Å². The second kappa shape index (κ2) is 8.60. The number of hydrogen-bond acceptors (Lipinski definition) is 5. The highest BCUT2D eigenvalue weighted by atomic mass is 16.5. The Bertz CT molecular complexity index is 1030. The minimum absolute atomic E-state index is 0.0261. The summed E-state index contributed by atoms with van der Waals surface area (Å²) >= 11 is 0. The first-order valence-corrected chi connectivity index (χ1v) is 12.3. The van der Waals surface area contributed by atoms with E-state index in [4.69, 9.17) is 9.47 Å². The van der Waals surface area contributed by atoms with Crippen LogP contribution in [0.3, 0.4) is 0 Å². The Balaban J connectivity index is 1.48. The van der Waals surface area contributed by atoms with Gasteiger partial charge in [-0.25, -0.2) is 0 Å². The monoisotopic (exact) mass is 447 g/mol. The van der Waals surface area contributed by atoms with E-state index in [1.165, 1.54) is 22.4 Å². The van der Waals surface area contributed by atoms with E-state index in [1.807, 2.05) is 6.07 Å². The summed E-state index contributed by atoms with van der Waals surface area (Å²) < 4.78 is 11.4. The Morgan fingerprint density at radius 2 is 1.94 bits per heavy atom. The van der Waals surface area contributed by atoms with E-state index in [9.17, 15) is 0 Å². The predicted molar refractivity (Wildman–Crippen MR) is 133 cm³/mol. The fourth-order valence-electron chi connectivity index (χ4n) is 6.41. The minimum atomic E-state index is 0.0261. The number of likely N-dealkylation sites (tertiary alicyclic amines) is 1. The van der Waals surface area contributed by atoms with Crippen molar-refractivity contribution in [2.24, 2.45) is 0 Å². The lowest BCUT2D eigenvalue weighted by Crippen LogP contribution is -2.52. The molecule has 5 nitrogen and oxygen atoms in total. The Labute approximate surface area is 198 Å². The topological polar surface area (TPSA) is 28.2 Å². The van der Waals surface area contributed by atoms with Crippen LogP contribution in [0.25, 0.3) is 0 Å². The third-order valence-electron chi connectivity index (χ3n) is 8.03. The van der Waals surface area contributed by atoms with Gasteiger partial charge in [0.2, 0.25) is 0 Å². The number of allylic oxidation sites excluding steroid dienone is 4. The van der Waals surface area contributed by atoms with Gasteiger partial charge in [-0.15, -0.1) is 0 Å². The molecule has 1 aromatic carbocycles. The molecule has 1 aliphatic carbocycles. The van der Waals surface area contributed by atoms with Gasteiger partial charge in [-0.1, -0.05) is 43.4 Å². The molecule has 0 N–H and O–H groups in total. The highest BCUT2D eigenvalue weighted by molar-refractivity contribution is 5.53. The number of benzene rings is 1. The normalized spacial score (nSPS) is 23.9. The highest BCUT2D eigenvalue weighted by Crippen LogP contribution is 2.51. The van der Waals surface area contributed by atoms with Gasteiger partial charge in [0.25, 0.3) is 0 Å². The summed E-state index contributed by atoms with van der Waals surface area (Å²) in [5.74, 6) is 3.14. The van der Waals surface area contributed by atoms with Crippen LogP contribution in [-0.2, 0) is 6.54 Å². The van der Waals surface area contributed by atoms with Crippen LogP contribution in [0.15, 0.2) is 60.1 Å². The van der Waals surface area contributed by atoms with Gasteiger partial charge < -0.3 is 19.3 Å². The Morgan fingerprint density at radius 1 is 1.15 bits per heavy atom. The lowest BCUT2D eigenvalue weighted by atomic mass is 9.82. The zero-order valence-electron chi connectivity index (χ0n) is 20.6. The number of fused-ring (bicyclic) bond motifs is 3. The molecule has 1 spiro atoms. The van der Waals surface area contributed by atoms with E-state index in [1.54, 1.807) is 14.2 Å². The maximum absolute atomic E-state index is 5.81. The van der Waals surface area contributed by atoms with E-state index < -0.39 is 0 Å². The highest BCUT2D eigenvalue weighted by Gasteiger charge is 2.52. The number of methoxy groups -OCH3 is 2. The maximum atomic E-state index is 5.81. The number of nitrogens with zero attached hydrogens (tertiary/aromatic N) is 3. The molecule has 33 heavy (non-hydrogen) atoms. The largest absolute Gasteiger partial charge is 0.497 e. The Morgan fingerprint density at radius 3 is 2.58 bits per heavy atom. The average molecular weight is 448 g/mol. The Hall–Kier alpha value is -2.66. The van der Waals surface area contributed by atoms with Crippen LogP contribution in [0.5, 0.6) is 11.5 Å². The summed E-state index contributed by atoms with van der Waals surface area (Å²) in [5.41, 5.74) is 5.52. The van der Waals surface area contributed by atoms with E-state index in [2.05, 4.69) is 65.5 Å². The van der Waals surface area contributed by atoms with Crippen LogP contribution in [-0.4, -0.2) is 60.6 Å². The summed E-state index contributed by atoms with van der Waals surface area (Å²) in [6.07, 6.45) is 12.6. The number of piperidine rings is 1. The number of ether oxygens (including phenoxy) is 2. The van der Waals surface area contributed by atoms with Crippen LogP contribution in [0.4, 0.5) is 0 Å². The first kappa shape index (κ1) is 22.1. The molecule has 0 amide bonds. The van der Waals surface area contributed by atoms with Crippen molar-refractivity contribution in [2.45, 2.75) is 51.1 Å². The summed E-state index contributed by atoms with van der Waals surface area (Å²) in [6.45, 7) is 14.3. The van der Waals surface area contributed by atoms with E-state index in [-0.39, 0.29) is 11.5 Å². The standard InChI is InChI=1S/C28H37N3O2/c1-6-31-21(3)30-19-23-16-24(32-4)17-25(33-5)27(23)20(2)15-26(30)28(31)11-13-29(14-12-28)18-22-9-7-8-10-22/h7-9,15-17,20H,3,6,10-14,18-19H2,1-2,4-5H3. The summed E-state index contributed by atoms with van der Waals surface area (Å²) in [5, 5.41) is 0. The Kier molecular flexibility index (Phi) is 5.77. The molecule has 3 heterocycles. The number of hydrogen-bond donors (Lipinski definition) is 0. The van der Waals surface area contributed by atoms with Crippen molar-refractivity contribution < 1.29 is 9.47 Å². The predicted octanol–water partition coefficient (Wildman–Crippen LogP) is 5.03. The van der Waals surface area contributed by atoms with Crippen LogP contribution < -0.4 is 9.47 Å². The van der Waals surface area contributed by atoms with Gasteiger partial charge >= 0.3 is 0 Å². The van der Waals surface area contributed by atoms with Crippen molar-refractivity contribution in [2.75, 3.05) is 40.4 Å². The third kappa shape index (κ3) is 3.57. The molecule has 1 aromatic rings. The van der Waals surface area contributed by atoms with Gasteiger partial charge in [-0.2, -0.15) is 0 Å². The molecule has 0 aromatic heterocycles. The lowest BCUT2D eigenvalue weighted by Gasteiger charge is -2.45. The van der Waals surface area contributed by atoms with Gasteiger partial charge in [0.1, 0.15) is 17.3 Å². The second-order valence-electron chi connectivity index (χ2n) is 9.75. The van der Waals surface area contributed by atoms with Crippen molar-refractivity contribution in [3.63, 3.8) is 0 Å². The van der Waals surface area contributed by atoms with E-state index in [0.29, 0.717) is 0 Å². The molecular formula is C28H37N3O2. The summed E-state index contributed by atoms with van der Waals surface area (Å²) in [6, 6.07) is 4.18. The van der Waals surface area contributed by atoms with E-state index >= 15 is 0 Å². The maximum Gasteiger partial charge on any atom is 0.126 e. The zero-order valence-corrected chi connectivity index (χ0v) is 20.6. The van der Waals surface area contributed by atoms with Crippen molar-refractivity contribution >= 4 is 0 Å². The molecule has 2 fully saturated rings. The first-order valence-electron chi connectivity index (χ1n) is 12.3. The SMILES string of the molecule is C=C1N2Cc3cc(OC)cc(OC)c3C(C)C=C2C2(CCN(CC3=CC=CC3)CC2)N1CC. The van der Waals surface area contributed by atoms with Gasteiger partial charge in [0.05, 0.1) is 19.8 Å². The fraction of sp³-hybridized carbons (Fsp3) is 0.500.